The summed E-state index contributed by atoms with van der Waals surface area (Å²) < 4.78 is 14.0. The summed E-state index contributed by atoms with van der Waals surface area (Å²) in [4.78, 5) is 26.0. The Morgan fingerprint density at radius 3 is 2.58 bits per heavy atom. The van der Waals surface area contributed by atoms with Crippen LogP contribution >= 0.6 is 8.25 Å². The average molecular weight is 187 g/mol. The minimum atomic E-state index is -2.94. The Kier molecular flexibility index (Phi) is 2.79. The van der Waals surface area contributed by atoms with Crippen molar-refractivity contribution in [3.05, 3.63) is 24.3 Å². The van der Waals surface area contributed by atoms with Crippen LogP contribution < -0.4 is 0 Å². The molecule has 0 aromatic carbocycles. The molecule has 0 fully saturated rings. The van der Waals surface area contributed by atoms with Crippen LogP contribution in [0.2, 0.25) is 0 Å². The Morgan fingerprint density at radius 2 is 2.08 bits per heavy atom. The zero-order valence-electron chi connectivity index (χ0n) is 5.75. The molecule has 1 N–H and O–H groups in total. The van der Waals surface area contributed by atoms with E-state index >= 15 is 0 Å². The van der Waals surface area contributed by atoms with Crippen molar-refractivity contribution in [1.82, 2.24) is 9.97 Å². The first-order valence-electron chi connectivity index (χ1n) is 2.85. The third kappa shape index (κ3) is 2.34. The predicted molar refractivity (Wildman–Crippen MR) is 37.3 cm³/mol. The van der Waals surface area contributed by atoms with E-state index in [0.29, 0.717) is 0 Å². The topological polar surface area (TPSA) is 89.4 Å². The van der Waals surface area contributed by atoms with E-state index in [0.717, 1.165) is 0 Å². The Labute approximate surface area is 68.2 Å². The van der Waals surface area contributed by atoms with Gasteiger partial charge in [0.1, 0.15) is 0 Å². The Morgan fingerprint density at radius 1 is 1.50 bits per heavy atom. The summed E-state index contributed by atoms with van der Waals surface area (Å²) in [6.45, 7) is 0. The van der Waals surface area contributed by atoms with Crippen LogP contribution in [0, 0.1) is 0 Å². The average Bonchev–Trinajstić information content (AvgIpc) is 2.05. The largest absolute Gasteiger partial charge is 0.750 e. The van der Waals surface area contributed by atoms with E-state index in [4.69, 9.17) is 4.89 Å². The zero-order chi connectivity index (χ0) is 8.97. The molecule has 1 unspecified atom stereocenters. The minimum Gasteiger partial charge on any atom is -0.237 e. The van der Waals surface area contributed by atoms with Crippen molar-refractivity contribution in [2.24, 2.45) is 0 Å². The lowest BCUT2D eigenvalue weighted by Crippen LogP contribution is -2.04. The van der Waals surface area contributed by atoms with E-state index in [1.165, 1.54) is 18.5 Å². The Hall–Kier alpha value is -1.39. The molecule has 0 aliphatic heterocycles. The number of hydrogen-bond acceptors (Lipinski definition) is 5. The first-order valence-corrected chi connectivity index (χ1v) is 3.98. The van der Waals surface area contributed by atoms with Gasteiger partial charge in [-0.2, -0.15) is 4.52 Å². The summed E-state index contributed by atoms with van der Waals surface area (Å²) in [5.74, 6) is -1.26. The quantitative estimate of drug-likeness (QED) is 0.669. The molecule has 0 spiro atoms. The fraction of sp³-hybridized carbons (Fsp3) is 0. The molecule has 0 saturated heterocycles. The fourth-order valence-corrected chi connectivity index (χ4v) is 0.740. The van der Waals surface area contributed by atoms with Gasteiger partial charge in [0.05, 0.1) is 0 Å². The lowest BCUT2D eigenvalue weighted by Gasteiger charge is -1.87. The van der Waals surface area contributed by atoms with Gasteiger partial charge < -0.3 is 0 Å². The molecule has 1 aromatic heterocycles. The molecular formula is C5H4N2O4P+. The van der Waals surface area contributed by atoms with Crippen LogP contribution in [-0.4, -0.2) is 20.8 Å². The van der Waals surface area contributed by atoms with E-state index in [1.807, 2.05) is 0 Å². The van der Waals surface area contributed by atoms with Crippen LogP contribution in [0.15, 0.2) is 18.5 Å². The summed E-state index contributed by atoms with van der Waals surface area (Å²) >= 11 is 0. The standard InChI is InChI=1S/C5H3N2O4P/c8-5(11-12(9)10)4-6-2-1-3-7-4/h1-3H/p+1. The van der Waals surface area contributed by atoms with Crippen molar-refractivity contribution in [3.8, 4) is 0 Å². The third-order valence-corrected chi connectivity index (χ3v) is 1.23. The van der Waals surface area contributed by atoms with E-state index in [9.17, 15) is 9.36 Å². The molecular weight excluding hydrogens is 183 g/mol. The highest BCUT2D eigenvalue weighted by atomic mass is 31.1. The molecule has 1 aromatic rings. The van der Waals surface area contributed by atoms with Gasteiger partial charge in [-0.3, -0.25) is 0 Å². The minimum absolute atomic E-state index is 0.241. The molecule has 0 amide bonds. The lowest BCUT2D eigenvalue weighted by atomic mass is 10.6. The molecule has 62 valence electrons. The smallest absolute Gasteiger partial charge is 0.237 e. The summed E-state index contributed by atoms with van der Waals surface area (Å²) in [6.07, 6.45) is 2.65. The van der Waals surface area contributed by atoms with E-state index in [2.05, 4.69) is 14.5 Å². The second-order valence-corrected chi connectivity index (χ2v) is 2.35. The predicted octanol–water partition coefficient (Wildman–Crippen LogP) is 0.283. The molecule has 1 atom stereocenters. The zero-order valence-corrected chi connectivity index (χ0v) is 6.64. The number of rotatable bonds is 2. The molecule has 7 heteroatoms. The lowest BCUT2D eigenvalue weighted by molar-refractivity contribution is 0.0718. The maximum atomic E-state index is 10.8. The highest BCUT2D eigenvalue weighted by Crippen LogP contribution is 2.15. The number of carbonyl (C=O) groups is 1. The molecule has 0 aliphatic carbocycles. The Bertz CT molecular complexity index is 302. The summed E-state index contributed by atoms with van der Waals surface area (Å²) in [6, 6.07) is 1.51. The molecule has 0 radical (unpaired) electrons. The second-order valence-electron chi connectivity index (χ2n) is 1.69. The highest BCUT2D eigenvalue weighted by Gasteiger charge is 2.23. The SMILES string of the molecule is O=C(O[P+](=O)O)c1ncccn1. The van der Waals surface area contributed by atoms with Gasteiger partial charge in [0.15, 0.2) is 0 Å². The van der Waals surface area contributed by atoms with E-state index < -0.39 is 14.2 Å². The van der Waals surface area contributed by atoms with Crippen molar-refractivity contribution in [2.45, 2.75) is 0 Å². The summed E-state index contributed by atoms with van der Waals surface area (Å²) in [5.41, 5.74) is 0. The van der Waals surface area contributed by atoms with Crippen molar-refractivity contribution in [2.75, 3.05) is 0 Å². The molecule has 0 saturated carbocycles. The molecule has 0 aliphatic rings. The normalized spacial score (nSPS) is 10.6. The molecule has 0 bridgehead atoms. The van der Waals surface area contributed by atoms with Crippen LogP contribution in [-0.2, 0) is 9.09 Å². The second kappa shape index (κ2) is 3.85. The number of nitrogens with zero attached hydrogens (tertiary/aromatic N) is 2. The fourth-order valence-electron chi connectivity index (χ4n) is 0.516. The van der Waals surface area contributed by atoms with Crippen LogP contribution in [0.3, 0.4) is 0 Å². The van der Waals surface area contributed by atoms with Crippen molar-refractivity contribution < 1.29 is 18.8 Å². The van der Waals surface area contributed by atoms with Gasteiger partial charge in [0.25, 0.3) is 0 Å². The highest BCUT2D eigenvalue weighted by molar-refractivity contribution is 7.32. The van der Waals surface area contributed by atoms with Gasteiger partial charge in [-0.15, -0.1) is 4.89 Å². The van der Waals surface area contributed by atoms with Gasteiger partial charge in [-0.1, -0.05) is 0 Å². The van der Waals surface area contributed by atoms with Gasteiger partial charge in [-0.25, -0.2) is 14.8 Å². The first-order chi connectivity index (χ1) is 5.70. The summed E-state index contributed by atoms with van der Waals surface area (Å²) in [7, 11) is -2.94. The van der Waals surface area contributed by atoms with Gasteiger partial charge >= 0.3 is 14.2 Å². The maximum absolute atomic E-state index is 10.8. The van der Waals surface area contributed by atoms with Crippen LogP contribution in [0.4, 0.5) is 0 Å². The van der Waals surface area contributed by atoms with Crippen molar-refractivity contribution in [1.29, 1.82) is 0 Å². The third-order valence-electron chi connectivity index (χ3n) is 0.909. The van der Waals surface area contributed by atoms with Crippen molar-refractivity contribution >= 4 is 14.2 Å². The maximum Gasteiger partial charge on any atom is 0.750 e. The number of carbonyl (C=O) groups excluding carboxylic acids is 1. The first kappa shape index (κ1) is 8.70. The monoisotopic (exact) mass is 187 g/mol. The van der Waals surface area contributed by atoms with E-state index in [1.54, 1.807) is 0 Å². The molecule has 1 heterocycles. The number of hydrogen-bond donors (Lipinski definition) is 1. The molecule has 12 heavy (non-hydrogen) atoms. The van der Waals surface area contributed by atoms with Crippen LogP contribution in [0.25, 0.3) is 0 Å². The Balaban J connectivity index is 2.73. The van der Waals surface area contributed by atoms with E-state index in [-0.39, 0.29) is 5.82 Å². The van der Waals surface area contributed by atoms with Gasteiger partial charge in [0, 0.05) is 17.0 Å². The van der Waals surface area contributed by atoms with Crippen LogP contribution in [0.1, 0.15) is 10.6 Å². The molecule has 1 rings (SSSR count). The van der Waals surface area contributed by atoms with Crippen molar-refractivity contribution in [3.63, 3.8) is 0 Å². The van der Waals surface area contributed by atoms with Crippen LogP contribution in [0.5, 0.6) is 0 Å². The molecule has 6 nitrogen and oxygen atoms in total. The summed E-state index contributed by atoms with van der Waals surface area (Å²) in [5, 5.41) is 0. The van der Waals surface area contributed by atoms with Gasteiger partial charge in [0.2, 0.25) is 5.82 Å². The van der Waals surface area contributed by atoms with Gasteiger partial charge in [-0.05, 0) is 6.07 Å². The number of aromatic nitrogens is 2.